The van der Waals surface area contributed by atoms with E-state index in [9.17, 15) is 9.18 Å². The Balaban J connectivity index is 1.32. The lowest BCUT2D eigenvalue weighted by Gasteiger charge is -2.42. The summed E-state index contributed by atoms with van der Waals surface area (Å²) in [6.45, 7) is 2.41. The summed E-state index contributed by atoms with van der Waals surface area (Å²) in [7, 11) is 0. The number of hydrogen-bond donors (Lipinski definition) is 0. The lowest BCUT2D eigenvalue weighted by Crippen LogP contribution is -2.49. The number of furan rings is 1. The second kappa shape index (κ2) is 7.68. The van der Waals surface area contributed by atoms with Crippen molar-refractivity contribution in [1.82, 2.24) is 9.88 Å². The zero-order chi connectivity index (χ0) is 18.7. The van der Waals surface area contributed by atoms with E-state index in [-0.39, 0.29) is 17.4 Å². The molecule has 2 saturated heterocycles. The molecule has 2 aromatic rings. The Bertz CT molecular complexity index is 772. The maximum atomic E-state index is 13.6. The van der Waals surface area contributed by atoms with Crippen LogP contribution >= 0.6 is 0 Å². The van der Waals surface area contributed by atoms with Gasteiger partial charge in [0.2, 0.25) is 5.88 Å². The number of nitrogens with zero attached hydrogens (tertiary/aromatic N) is 2. The summed E-state index contributed by atoms with van der Waals surface area (Å²) in [6, 6.07) is 6.29. The smallest absolute Gasteiger partial charge is 0.289 e. The van der Waals surface area contributed by atoms with E-state index in [0.29, 0.717) is 31.4 Å². The molecule has 144 valence electrons. The van der Waals surface area contributed by atoms with Crippen LogP contribution < -0.4 is 4.74 Å². The van der Waals surface area contributed by atoms with Crippen LogP contribution in [0.2, 0.25) is 0 Å². The van der Waals surface area contributed by atoms with Crippen molar-refractivity contribution in [3.8, 4) is 5.88 Å². The Morgan fingerprint density at radius 2 is 2.19 bits per heavy atom. The topological polar surface area (TPSA) is 64.8 Å². The van der Waals surface area contributed by atoms with Gasteiger partial charge in [-0.3, -0.25) is 4.79 Å². The fraction of sp³-hybridized carbons (Fsp3) is 0.500. The number of pyridine rings is 1. The van der Waals surface area contributed by atoms with Crippen LogP contribution in [0, 0.1) is 11.7 Å². The Kier molecular flexibility index (Phi) is 5.11. The molecule has 2 fully saturated rings. The van der Waals surface area contributed by atoms with Crippen LogP contribution in [-0.4, -0.2) is 47.7 Å². The van der Waals surface area contributed by atoms with E-state index >= 15 is 0 Å². The van der Waals surface area contributed by atoms with Gasteiger partial charge in [0.25, 0.3) is 5.91 Å². The quantitative estimate of drug-likeness (QED) is 0.804. The predicted molar refractivity (Wildman–Crippen MR) is 94.9 cm³/mol. The molecule has 2 aliphatic rings. The maximum absolute atomic E-state index is 13.6. The van der Waals surface area contributed by atoms with Crippen LogP contribution in [0.4, 0.5) is 4.39 Å². The highest BCUT2D eigenvalue weighted by Gasteiger charge is 2.46. The molecule has 1 amide bonds. The molecule has 0 N–H and O–H groups in total. The molecule has 0 aliphatic carbocycles. The number of piperidine rings is 1. The number of aromatic nitrogens is 1. The zero-order valence-electron chi connectivity index (χ0n) is 15.1. The Hall–Kier alpha value is -2.41. The lowest BCUT2D eigenvalue weighted by atomic mass is 9.78. The first-order valence-corrected chi connectivity index (χ1v) is 9.38. The number of carbonyl (C=O) groups is 1. The van der Waals surface area contributed by atoms with Crippen LogP contribution in [0.3, 0.4) is 0 Å². The first-order valence-electron chi connectivity index (χ1n) is 9.38. The molecule has 0 aromatic carbocycles. The van der Waals surface area contributed by atoms with E-state index in [0.717, 1.165) is 32.3 Å². The van der Waals surface area contributed by atoms with Crippen molar-refractivity contribution in [2.24, 2.45) is 5.92 Å². The maximum Gasteiger partial charge on any atom is 0.289 e. The summed E-state index contributed by atoms with van der Waals surface area (Å²) in [5, 5.41) is 0. The highest BCUT2D eigenvalue weighted by molar-refractivity contribution is 5.91. The number of ether oxygens (including phenoxy) is 2. The first kappa shape index (κ1) is 18.0. The minimum atomic E-state index is -0.445. The molecule has 0 unspecified atom stereocenters. The number of carbonyl (C=O) groups excluding carboxylic acids is 1. The molecule has 2 aromatic heterocycles. The second-order valence-corrected chi connectivity index (χ2v) is 7.10. The molecule has 1 atom stereocenters. The summed E-state index contributed by atoms with van der Waals surface area (Å²) < 4.78 is 30.5. The molecule has 4 rings (SSSR count). The van der Waals surface area contributed by atoms with Crippen molar-refractivity contribution in [2.75, 3.05) is 26.3 Å². The zero-order valence-corrected chi connectivity index (χ0v) is 15.1. The summed E-state index contributed by atoms with van der Waals surface area (Å²) in [5.74, 6) is 0.244. The van der Waals surface area contributed by atoms with Gasteiger partial charge in [-0.15, -0.1) is 0 Å². The van der Waals surface area contributed by atoms with Crippen LogP contribution in [0.25, 0.3) is 0 Å². The molecule has 0 saturated carbocycles. The largest absolute Gasteiger partial charge is 0.476 e. The summed E-state index contributed by atoms with van der Waals surface area (Å²) in [5.41, 5.74) is -0.216. The Labute approximate surface area is 157 Å². The van der Waals surface area contributed by atoms with Gasteiger partial charge < -0.3 is 18.8 Å². The van der Waals surface area contributed by atoms with Crippen LogP contribution in [0.1, 0.15) is 36.2 Å². The van der Waals surface area contributed by atoms with Gasteiger partial charge in [0.1, 0.15) is 0 Å². The molecule has 0 bridgehead atoms. The lowest BCUT2D eigenvalue weighted by molar-refractivity contribution is -0.0652. The molecule has 27 heavy (non-hydrogen) atoms. The van der Waals surface area contributed by atoms with E-state index < -0.39 is 5.82 Å². The van der Waals surface area contributed by atoms with Crippen LogP contribution in [0.5, 0.6) is 5.88 Å². The van der Waals surface area contributed by atoms with Gasteiger partial charge in [-0.05, 0) is 55.9 Å². The van der Waals surface area contributed by atoms with Crippen molar-refractivity contribution in [3.63, 3.8) is 0 Å². The van der Waals surface area contributed by atoms with Crippen molar-refractivity contribution >= 4 is 5.91 Å². The van der Waals surface area contributed by atoms with Crippen molar-refractivity contribution in [1.29, 1.82) is 0 Å². The Morgan fingerprint density at radius 1 is 1.33 bits per heavy atom. The number of rotatable bonds is 5. The third-order valence-electron chi connectivity index (χ3n) is 5.66. The average Bonchev–Trinajstić information content (AvgIpc) is 3.35. The van der Waals surface area contributed by atoms with Gasteiger partial charge in [-0.2, -0.15) is 0 Å². The second-order valence-electron chi connectivity index (χ2n) is 7.10. The third-order valence-corrected chi connectivity index (χ3v) is 5.66. The number of likely N-dealkylation sites (tertiary alicyclic amines) is 1. The molecular weight excluding hydrogens is 351 g/mol. The van der Waals surface area contributed by atoms with Gasteiger partial charge in [-0.1, -0.05) is 0 Å². The van der Waals surface area contributed by atoms with Crippen molar-refractivity contribution in [2.45, 2.75) is 31.3 Å². The van der Waals surface area contributed by atoms with Gasteiger partial charge >= 0.3 is 0 Å². The summed E-state index contributed by atoms with van der Waals surface area (Å²) in [6.07, 6.45) is 6.36. The SMILES string of the molecule is O=C(c1ccco1)N1CCC2(CC1)OCC[C@H]2CCOc1ncccc1F. The molecular formula is C20H23FN2O4. The number of hydrogen-bond acceptors (Lipinski definition) is 5. The van der Waals surface area contributed by atoms with Crippen molar-refractivity contribution in [3.05, 3.63) is 48.3 Å². The van der Waals surface area contributed by atoms with E-state index in [1.54, 1.807) is 18.2 Å². The van der Waals surface area contributed by atoms with Gasteiger partial charge in [0.05, 0.1) is 18.5 Å². The Morgan fingerprint density at radius 3 is 2.93 bits per heavy atom. The molecule has 6 nitrogen and oxygen atoms in total. The summed E-state index contributed by atoms with van der Waals surface area (Å²) >= 11 is 0. The summed E-state index contributed by atoms with van der Waals surface area (Å²) in [4.78, 5) is 18.2. The number of halogens is 1. The number of amides is 1. The monoisotopic (exact) mass is 374 g/mol. The van der Waals surface area contributed by atoms with E-state index in [4.69, 9.17) is 13.9 Å². The standard InChI is InChI=1S/C20H23FN2O4/c21-16-3-1-9-22-18(16)26-13-5-15-6-14-27-20(15)7-10-23(11-8-20)19(24)17-4-2-12-25-17/h1-4,9,12,15H,5-8,10-11,13-14H2/t15-/m1/s1. The minimum Gasteiger partial charge on any atom is -0.476 e. The molecule has 0 radical (unpaired) electrons. The normalized spacial score (nSPS) is 21.5. The fourth-order valence-corrected chi connectivity index (χ4v) is 4.16. The van der Waals surface area contributed by atoms with Gasteiger partial charge in [0.15, 0.2) is 11.6 Å². The van der Waals surface area contributed by atoms with Crippen LogP contribution in [-0.2, 0) is 4.74 Å². The third kappa shape index (κ3) is 3.69. The minimum absolute atomic E-state index is 0.0457. The van der Waals surface area contributed by atoms with Crippen LogP contribution in [0.15, 0.2) is 41.1 Å². The fourth-order valence-electron chi connectivity index (χ4n) is 4.16. The average molecular weight is 374 g/mol. The van der Waals surface area contributed by atoms with Gasteiger partial charge in [0, 0.05) is 25.9 Å². The molecule has 7 heteroatoms. The molecule has 4 heterocycles. The van der Waals surface area contributed by atoms with Gasteiger partial charge in [-0.25, -0.2) is 9.37 Å². The predicted octanol–water partition coefficient (Wildman–Crippen LogP) is 3.29. The van der Waals surface area contributed by atoms with E-state index in [2.05, 4.69) is 4.98 Å². The van der Waals surface area contributed by atoms with E-state index in [1.807, 2.05) is 4.90 Å². The van der Waals surface area contributed by atoms with Crippen molar-refractivity contribution < 1.29 is 23.1 Å². The highest BCUT2D eigenvalue weighted by atomic mass is 19.1. The first-order chi connectivity index (χ1) is 13.2. The molecule has 1 spiro atoms. The highest BCUT2D eigenvalue weighted by Crippen LogP contribution is 2.42. The van der Waals surface area contributed by atoms with E-state index in [1.165, 1.54) is 18.5 Å². The molecule has 2 aliphatic heterocycles.